The number of rotatable bonds is 8. The van der Waals surface area contributed by atoms with Gasteiger partial charge in [0.2, 0.25) is 0 Å². The highest BCUT2D eigenvalue weighted by atomic mass is 14.3. The molecule has 0 amide bonds. The summed E-state index contributed by atoms with van der Waals surface area (Å²) in [5, 5.41) is 0. The molecule has 0 bridgehead atoms. The van der Waals surface area contributed by atoms with E-state index in [2.05, 4.69) is 44.2 Å². The first-order valence-electron chi connectivity index (χ1n) is 11.5. The zero-order valence-corrected chi connectivity index (χ0v) is 17.3. The van der Waals surface area contributed by atoms with Gasteiger partial charge in [0.1, 0.15) is 0 Å². The summed E-state index contributed by atoms with van der Waals surface area (Å²) in [6, 6.07) is 9.43. The van der Waals surface area contributed by atoms with Gasteiger partial charge in [-0.15, -0.1) is 0 Å². The Morgan fingerprint density at radius 3 is 2.04 bits per heavy atom. The molecule has 0 N–H and O–H groups in total. The van der Waals surface area contributed by atoms with Crippen molar-refractivity contribution in [2.24, 2.45) is 17.8 Å². The molecule has 1 fully saturated rings. The average Bonchev–Trinajstić information content (AvgIpc) is 2.72. The Labute approximate surface area is 162 Å². The highest BCUT2D eigenvalue weighted by molar-refractivity contribution is 5.24. The van der Waals surface area contributed by atoms with Gasteiger partial charge in [0.05, 0.1) is 0 Å². The lowest BCUT2D eigenvalue weighted by Gasteiger charge is -2.35. The summed E-state index contributed by atoms with van der Waals surface area (Å²) in [4.78, 5) is 0. The van der Waals surface area contributed by atoms with Gasteiger partial charge in [0, 0.05) is 0 Å². The second-order valence-corrected chi connectivity index (χ2v) is 9.01. The Balaban J connectivity index is 1.40. The van der Waals surface area contributed by atoms with Crippen LogP contribution in [0.4, 0.5) is 0 Å². The molecule has 0 nitrogen and oxygen atoms in total. The fourth-order valence-electron chi connectivity index (χ4n) is 5.19. The van der Waals surface area contributed by atoms with E-state index in [-0.39, 0.29) is 0 Å². The lowest BCUT2D eigenvalue weighted by Crippen LogP contribution is -2.23. The number of hydrogen-bond donors (Lipinski definition) is 0. The monoisotopic (exact) mass is 352 g/mol. The molecule has 1 aromatic rings. The maximum absolute atomic E-state index is 2.62. The number of unbranched alkanes of at least 4 members (excludes halogenated alkanes) is 1. The van der Waals surface area contributed by atoms with Crippen LogP contribution < -0.4 is 0 Å². The first kappa shape index (κ1) is 19.7. The van der Waals surface area contributed by atoms with Crippen LogP contribution >= 0.6 is 0 Å². The molecule has 0 aliphatic heterocycles. The minimum Gasteiger partial charge on any atom is -0.0850 e. The van der Waals surface area contributed by atoms with Gasteiger partial charge >= 0.3 is 0 Å². The van der Waals surface area contributed by atoms with E-state index in [1.807, 2.05) is 0 Å². The van der Waals surface area contributed by atoms with Crippen molar-refractivity contribution < 1.29 is 0 Å². The molecule has 0 saturated heterocycles. The number of benzene rings is 1. The van der Waals surface area contributed by atoms with Gasteiger partial charge in [-0.3, -0.25) is 0 Å². The van der Waals surface area contributed by atoms with Crippen LogP contribution in [0.25, 0.3) is 0 Å². The van der Waals surface area contributed by atoms with E-state index in [0.717, 1.165) is 17.8 Å². The van der Waals surface area contributed by atoms with Crippen LogP contribution in [0.15, 0.2) is 35.9 Å². The minimum atomic E-state index is 0.995. The molecule has 0 spiro atoms. The SMILES string of the molecule is CCCCc1ccc(CCC2=CCC([C@H]3CC[C@H](CC)CC3)CC2)cc1. The summed E-state index contributed by atoms with van der Waals surface area (Å²) in [6.07, 6.45) is 20.6. The number of aryl methyl sites for hydroxylation is 2. The Morgan fingerprint density at radius 1 is 0.769 bits per heavy atom. The molecule has 1 unspecified atom stereocenters. The zero-order chi connectivity index (χ0) is 18.2. The van der Waals surface area contributed by atoms with Crippen LogP contribution in [0, 0.1) is 17.8 Å². The zero-order valence-electron chi connectivity index (χ0n) is 17.3. The summed E-state index contributed by atoms with van der Waals surface area (Å²) < 4.78 is 0. The minimum absolute atomic E-state index is 0.995. The molecule has 0 heterocycles. The molecule has 0 radical (unpaired) electrons. The standard InChI is InChI=1S/C26H40/c1-3-5-6-22-7-9-23(10-8-22)11-12-24-15-19-26(20-16-24)25-17-13-21(4-2)14-18-25/h7-10,15,21,25-26H,3-6,11-14,16-20H2,1-2H3/t21-,25-,26?. The lowest BCUT2D eigenvalue weighted by atomic mass is 9.71. The maximum atomic E-state index is 2.62. The van der Waals surface area contributed by atoms with Gasteiger partial charge in [-0.05, 0) is 86.7 Å². The fourth-order valence-corrected chi connectivity index (χ4v) is 5.19. The average molecular weight is 353 g/mol. The Morgan fingerprint density at radius 2 is 1.46 bits per heavy atom. The maximum Gasteiger partial charge on any atom is -0.0241 e. The summed E-state index contributed by atoms with van der Waals surface area (Å²) >= 11 is 0. The van der Waals surface area contributed by atoms with Gasteiger partial charge in [-0.2, -0.15) is 0 Å². The van der Waals surface area contributed by atoms with Crippen molar-refractivity contribution >= 4 is 0 Å². The molecule has 26 heavy (non-hydrogen) atoms. The molecule has 144 valence electrons. The van der Waals surface area contributed by atoms with Crippen LogP contribution in [-0.2, 0) is 12.8 Å². The highest BCUT2D eigenvalue weighted by Gasteiger charge is 2.27. The van der Waals surface area contributed by atoms with Gasteiger partial charge in [-0.25, -0.2) is 0 Å². The van der Waals surface area contributed by atoms with E-state index in [1.165, 1.54) is 94.6 Å². The second kappa shape index (κ2) is 10.3. The third kappa shape index (κ3) is 5.73. The van der Waals surface area contributed by atoms with Crippen molar-refractivity contribution in [1.29, 1.82) is 0 Å². The topological polar surface area (TPSA) is 0 Å². The Hall–Kier alpha value is -1.04. The van der Waals surface area contributed by atoms with Gasteiger partial charge in [0.15, 0.2) is 0 Å². The van der Waals surface area contributed by atoms with Crippen molar-refractivity contribution in [3.8, 4) is 0 Å². The number of allylic oxidation sites excluding steroid dienone is 2. The molecule has 1 atom stereocenters. The van der Waals surface area contributed by atoms with Crippen LogP contribution in [0.1, 0.15) is 95.6 Å². The van der Waals surface area contributed by atoms with Crippen molar-refractivity contribution in [2.45, 2.75) is 97.3 Å². The van der Waals surface area contributed by atoms with Gasteiger partial charge in [0.25, 0.3) is 0 Å². The smallest absolute Gasteiger partial charge is 0.0241 e. The molecule has 1 saturated carbocycles. The van der Waals surface area contributed by atoms with Crippen molar-refractivity contribution in [3.05, 3.63) is 47.0 Å². The van der Waals surface area contributed by atoms with Gasteiger partial charge in [-0.1, -0.05) is 75.4 Å². The molecule has 0 heteroatoms. The van der Waals surface area contributed by atoms with Crippen LogP contribution in [0.5, 0.6) is 0 Å². The third-order valence-corrected chi connectivity index (χ3v) is 7.26. The molecule has 2 aliphatic carbocycles. The van der Waals surface area contributed by atoms with Crippen molar-refractivity contribution in [3.63, 3.8) is 0 Å². The summed E-state index contributed by atoms with van der Waals surface area (Å²) in [7, 11) is 0. The molecule has 2 aliphatic rings. The van der Waals surface area contributed by atoms with E-state index in [0.29, 0.717) is 0 Å². The van der Waals surface area contributed by atoms with E-state index in [9.17, 15) is 0 Å². The quantitative estimate of drug-likeness (QED) is 0.417. The van der Waals surface area contributed by atoms with Crippen LogP contribution in [0.2, 0.25) is 0 Å². The first-order chi connectivity index (χ1) is 12.8. The Bertz CT molecular complexity index is 542. The fraction of sp³-hybridized carbons (Fsp3) is 0.692. The first-order valence-corrected chi connectivity index (χ1v) is 11.5. The van der Waals surface area contributed by atoms with E-state index >= 15 is 0 Å². The highest BCUT2D eigenvalue weighted by Crippen LogP contribution is 2.40. The third-order valence-electron chi connectivity index (χ3n) is 7.26. The Kier molecular flexibility index (Phi) is 7.84. The predicted octanol–water partition coefficient (Wildman–Crippen LogP) is 7.90. The van der Waals surface area contributed by atoms with Crippen LogP contribution in [0.3, 0.4) is 0 Å². The summed E-state index contributed by atoms with van der Waals surface area (Å²) in [6.45, 7) is 4.65. The molecule has 3 rings (SSSR count). The molecule has 0 aromatic heterocycles. The van der Waals surface area contributed by atoms with Gasteiger partial charge < -0.3 is 0 Å². The largest absolute Gasteiger partial charge is 0.0850 e. The molecular formula is C26H40. The number of hydrogen-bond acceptors (Lipinski definition) is 0. The van der Waals surface area contributed by atoms with Crippen molar-refractivity contribution in [2.75, 3.05) is 0 Å². The molecular weight excluding hydrogens is 312 g/mol. The summed E-state index contributed by atoms with van der Waals surface area (Å²) in [5.74, 6) is 3.06. The molecule has 1 aromatic carbocycles. The van der Waals surface area contributed by atoms with Crippen molar-refractivity contribution in [1.82, 2.24) is 0 Å². The lowest BCUT2D eigenvalue weighted by molar-refractivity contribution is 0.189. The van der Waals surface area contributed by atoms with E-state index in [4.69, 9.17) is 0 Å². The summed E-state index contributed by atoms with van der Waals surface area (Å²) in [5.41, 5.74) is 4.76. The second-order valence-electron chi connectivity index (χ2n) is 9.01. The normalized spacial score (nSPS) is 26.5. The van der Waals surface area contributed by atoms with Crippen LogP contribution in [-0.4, -0.2) is 0 Å². The van der Waals surface area contributed by atoms with E-state index in [1.54, 1.807) is 5.57 Å². The predicted molar refractivity (Wildman–Crippen MR) is 115 cm³/mol. The van der Waals surface area contributed by atoms with E-state index < -0.39 is 0 Å².